The highest BCUT2D eigenvalue weighted by molar-refractivity contribution is 8.02. The van der Waals surface area contributed by atoms with Gasteiger partial charge in [-0.25, -0.2) is 0 Å². The van der Waals surface area contributed by atoms with E-state index in [1.165, 1.54) is 16.7 Å². The van der Waals surface area contributed by atoms with Crippen LogP contribution in [0.4, 0.5) is 5.69 Å². The summed E-state index contributed by atoms with van der Waals surface area (Å²) in [5.41, 5.74) is 0.616. The molecule has 1 aromatic rings. The van der Waals surface area contributed by atoms with Crippen LogP contribution in [0.2, 0.25) is 5.02 Å². The molecule has 3 saturated heterocycles. The van der Waals surface area contributed by atoms with Gasteiger partial charge >= 0.3 is 5.97 Å². The van der Waals surface area contributed by atoms with Crippen LogP contribution in [-0.2, 0) is 14.4 Å². The van der Waals surface area contributed by atoms with E-state index in [-0.39, 0.29) is 42.7 Å². The highest BCUT2D eigenvalue weighted by Gasteiger charge is 2.76. The maximum Gasteiger partial charge on any atom is 0.308 e. The van der Waals surface area contributed by atoms with Gasteiger partial charge in [-0.05, 0) is 36.6 Å². The third-order valence-corrected chi connectivity index (χ3v) is 9.15. The first-order chi connectivity index (χ1) is 14.8. The Bertz CT molecular complexity index is 925. The normalized spacial score (nSPS) is 33.5. The first kappa shape index (κ1) is 22.2. The van der Waals surface area contributed by atoms with Gasteiger partial charge in [0, 0.05) is 29.0 Å². The minimum absolute atomic E-state index is 0.0134. The number of likely N-dealkylation sites (tertiary alicyclic amines) is 1. The number of rotatable bonds is 7. The molecule has 2 bridgehead atoms. The molecule has 0 aromatic heterocycles. The fraction of sp³-hybridized carbons (Fsp3) is 0.500. The number of halogens is 1. The fourth-order valence-corrected chi connectivity index (χ4v) is 8.18. The van der Waals surface area contributed by atoms with Crippen molar-refractivity contribution in [2.24, 2.45) is 17.8 Å². The highest BCUT2D eigenvalue weighted by Crippen LogP contribution is 2.68. The van der Waals surface area contributed by atoms with Crippen LogP contribution >= 0.6 is 23.4 Å². The number of nitrogens with zero attached hydrogens (tertiary/aromatic N) is 2. The number of hydrogen-bond acceptors (Lipinski definition) is 5. The number of carboxylic acids is 1. The SMILES string of the molecule is C=CCN(C(=O)C1N(CCO)C(=O)[C@@H]2[C@@H](C(=O)O)[C@H]3CC(C)C12S3)c1ccc(Cl)cc1. The minimum Gasteiger partial charge on any atom is -0.481 e. The van der Waals surface area contributed by atoms with Crippen molar-refractivity contribution < 1.29 is 24.6 Å². The van der Waals surface area contributed by atoms with E-state index in [2.05, 4.69) is 6.58 Å². The van der Waals surface area contributed by atoms with Crippen molar-refractivity contribution in [3.63, 3.8) is 0 Å². The number of benzene rings is 1. The van der Waals surface area contributed by atoms with Gasteiger partial charge in [0.2, 0.25) is 5.91 Å². The van der Waals surface area contributed by atoms with Crippen molar-refractivity contribution in [3.05, 3.63) is 41.9 Å². The third kappa shape index (κ3) is 3.18. The second-order valence-corrected chi connectivity index (χ2v) is 10.3. The van der Waals surface area contributed by atoms with E-state index < -0.39 is 28.6 Å². The Labute approximate surface area is 190 Å². The summed E-state index contributed by atoms with van der Waals surface area (Å²) in [5, 5.41) is 19.8. The number of thioether (sulfide) groups is 1. The zero-order valence-electron chi connectivity index (χ0n) is 17.1. The highest BCUT2D eigenvalue weighted by atomic mass is 35.5. The number of carboxylic acid groups (broad SMARTS) is 1. The first-order valence-corrected chi connectivity index (χ1v) is 11.5. The molecule has 31 heavy (non-hydrogen) atoms. The molecule has 2 N–H and O–H groups in total. The largest absolute Gasteiger partial charge is 0.481 e. The average Bonchev–Trinajstić information content (AvgIpc) is 3.31. The van der Waals surface area contributed by atoms with E-state index >= 15 is 0 Å². The van der Waals surface area contributed by atoms with Gasteiger partial charge < -0.3 is 20.0 Å². The monoisotopic (exact) mass is 464 g/mol. The first-order valence-electron chi connectivity index (χ1n) is 10.3. The Morgan fingerprint density at radius 1 is 1.39 bits per heavy atom. The molecule has 7 nitrogen and oxygen atoms in total. The zero-order valence-corrected chi connectivity index (χ0v) is 18.7. The van der Waals surface area contributed by atoms with Crippen LogP contribution in [0.3, 0.4) is 0 Å². The summed E-state index contributed by atoms with van der Waals surface area (Å²) < 4.78 is -0.830. The number of β-amino-alcohol motifs (C(OH)–C–C–N with tert-alkyl or cyclic N) is 1. The minimum atomic E-state index is -0.998. The molecule has 1 spiro atoms. The molecule has 3 heterocycles. The van der Waals surface area contributed by atoms with Crippen LogP contribution in [0.1, 0.15) is 13.3 Å². The molecule has 1 aromatic carbocycles. The van der Waals surface area contributed by atoms with Gasteiger partial charge in [0.05, 0.1) is 23.2 Å². The van der Waals surface area contributed by atoms with E-state index in [1.807, 2.05) is 6.92 Å². The molecule has 166 valence electrons. The smallest absolute Gasteiger partial charge is 0.308 e. The molecule has 6 atom stereocenters. The van der Waals surface area contributed by atoms with E-state index in [9.17, 15) is 24.6 Å². The molecule has 9 heteroatoms. The predicted molar refractivity (Wildman–Crippen MR) is 119 cm³/mol. The Balaban J connectivity index is 1.81. The lowest BCUT2D eigenvalue weighted by Crippen LogP contribution is -2.57. The topological polar surface area (TPSA) is 98.2 Å². The number of aliphatic carboxylic acids is 1. The molecule has 3 aliphatic heterocycles. The number of aliphatic hydroxyl groups is 1. The van der Waals surface area contributed by atoms with Crippen molar-refractivity contribution in [2.75, 3.05) is 24.6 Å². The van der Waals surface area contributed by atoms with Crippen LogP contribution in [0.25, 0.3) is 0 Å². The van der Waals surface area contributed by atoms with Crippen molar-refractivity contribution >= 4 is 46.8 Å². The van der Waals surface area contributed by atoms with Crippen molar-refractivity contribution in [1.29, 1.82) is 0 Å². The molecular formula is C22H25ClN2O5S. The van der Waals surface area contributed by atoms with Gasteiger partial charge in [-0.3, -0.25) is 14.4 Å². The zero-order chi connectivity index (χ0) is 22.5. The quantitative estimate of drug-likeness (QED) is 0.601. The van der Waals surface area contributed by atoms with E-state index in [4.69, 9.17) is 11.6 Å². The summed E-state index contributed by atoms with van der Waals surface area (Å²) in [6.07, 6.45) is 2.25. The van der Waals surface area contributed by atoms with Crippen LogP contribution in [-0.4, -0.2) is 68.6 Å². The summed E-state index contributed by atoms with van der Waals surface area (Å²) in [4.78, 5) is 42.5. The molecular weight excluding hydrogens is 440 g/mol. The van der Waals surface area contributed by atoms with E-state index in [1.54, 1.807) is 35.2 Å². The molecule has 3 unspecified atom stereocenters. The van der Waals surface area contributed by atoms with Crippen LogP contribution < -0.4 is 4.90 Å². The van der Waals surface area contributed by atoms with Crippen molar-refractivity contribution in [1.82, 2.24) is 4.90 Å². The summed E-state index contributed by atoms with van der Waals surface area (Å²) in [6, 6.07) is 5.97. The number of carbonyl (C=O) groups excluding carboxylic acids is 2. The molecule has 0 saturated carbocycles. The Morgan fingerprint density at radius 3 is 2.65 bits per heavy atom. The Kier molecular flexibility index (Phi) is 5.83. The van der Waals surface area contributed by atoms with Gasteiger partial charge in [-0.15, -0.1) is 18.3 Å². The molecule has 4 rings (SSSR count). The van der Waals surface area contributed by atoms with Gasteiger partial charge in [-0.2, -0.15) is 0 Å². The van der Waals surface area contributed by atoms with Gasteiger partial charge in [0.15, 0.2) is 0 Å². The standard InChI is InChI=1S/C22H25ClN2O5S/c1-3-8-24(14-6-4-13(23)5-7-14)20(28)18-22-12(2)11-15(31-22)16(21(29)30)17(22)19(27)25(18)9-10-26/h3-7,12,15-18,26H,1,8-11H2,2H3,(H,29,30)/t12?,15-,16+,17+,18?,22?/m1/s1. The summed E-state index contributed by atoms with van der Waals surface area (Å²) >= 11 is 7.49. The molecule has 0 aliphatic carbocycles. The lowest BCUT2D eigenvalue weighted by Gasteiger charge is -2.40. The van der Waals surface area contributed by atoms with Crippen molar-refractivity contribution in [2.45, 2.75) is 29.4 Å². The summed E-state index contributed by atoms with van der Waals surface area (Å²) in [6.45, 7) is 5.66. The average molecular weight is 465 g/mol. The van der Waals surface area contributed by atoms with Crippen LogP contribution in [0, 0.1) is 17.8 Å². The molecule has 3 aliphatic rings. The van der Waals surface area contributed by atoms with Crippen LogP contribution in [0.5, 0.6) is 0 Å². The number of aliphatic hydroxyl groups excluding tert-OH is 1. The fourth-order valence-electron chi connectivity index (χ4n) is 5.65. The van der Waals surface area contributed by atoms with Crippen molar-refractivity contribution in [3.8, 4) is 0 Å². The number of hydrogen-bond donors (Lipinski definition) is 2. The maximum absolute atomic E-state index is 14.0. The Hall–Kier alpha value is -2.03. The second-order valence-electron chi connectivity index (χ2n) is 8.36. The predicted octanol–water partition coefficient (Wildman–Crippen LogP) is 2.27. The van der Waals surface area contributed by atoms with Gasteiger partial charge in [0.1, 0.15) is 6.04 Å². The maximum atomic E-state index is 14.0. The third-order valence-electron chi connectivity index (χ3n) is 6.82. The van der Waals surface area contributed by atoms with Gasteiger partial charge in [0.25, 0.3) is 5.91 Å². The Morgan fingerprint density at radius 2 is 2.06 bits per heavy atom. The number of carbonyl (C=O) groups is 3. The molecule has 3 fully saturated rings. The number of amides is 2. The summed E-state index contributed by atoms with van der Waals surface area (Å²) in [7, 11) is 0. The lowest BCUT2D eigenvalue weighted by molar-refractivity contribution is -0.149. The lowest BCUT2D eigenvalue weighted by atomic mass is 9.66. The summed E-state index contributed by atoms with van der Waals surface area (Å²) in [5.74, 6) is -3.26. The van der Waals surface area contributed by atoms with E-state index in [0.29, 0.717) is 17.1 Å². The van der Waals surface area contributed by atoms with Crippen LogP contribution in [0.15, 0.2) is 36.9 Å². The molecule has 0 radical (unpaired) electrons. The second kappa shape index (κ2) is 8.15. The van der Waals surface area contributed by atoms with Gasteiger partial charge in [-0.1, -0.05) is 24.6 Å². The number of fused-ring (bicyclic) bond motifs is 1. The number of anilines is 1. The molecule has 2 amide bonds. The van der Waals surface area contributed by atoms with E-state index in [0.717, 1.165) is 0 Å².